The van der Waals surface area contributed by atoms with E-state index in [0.717, 1.165) is 29.1 Å². The van der Waals surface area contributed by atoms with Gasteiger partial charge in [-0.1, -0.05) is 60.8 Å². The molecule has 1 aliphatic rings. The summed E-state index contributed by atoms with van der Waals surface area (Å²) in [5, 5.41) is 8.23. The van der Waals surface area contributed by atoms with E-state index in [1.807, 2.05) is 25.1 Å². The summed E-state index contributed by atoms with van der Waals surface area (Å²) in [5.74, 6) is 0. The van der Waals surface area contributed by atoms with Gasteiger partial charge in [-0.2, -0.15) is 0 Å². The molecule has 3 rings (SSSR count). The predicted octanol–water partition coefficient (Wildman–Crippen LogP) is 5.40. The molecular formula is C19H21ClN2S. The molecule has 120 valence electrons. The smallest absolute Gasteiger partial charge is 0.171 e. The molecule has 0 bridgehead atoms. The summed E-state index contributed by atoms with van der Waals surface area (Å²) in [7, 11) is 0. The van der Waals surface area contributed by atoms with Gasteiger partial charge in [0.25, 0.3) is 0 Å². The van der Waals surface area contributed by atoms with E-state index in [0.29, 0.717) is 5.11 Å². The largest absolute Gasteiger partial charge is 0.353 e. The van der Waals surface area contributed by atoms with Gasteiger partial charge in [-0.3, -0.25) is 0 Å². The molecule has 0 aliphatic heterocycles. The minimum absolute atomic E-state index is 0.0557. The molecule has 1 saturated carbocycles. The number of hydrogen-bond acceptors (Lipinski definition) is 1. The number of aryl methyl sites for hydroxylation is 1. The lowest BCUT2D eigenvalue weighted by Crippen LogP contribution is -2.45. The molecular weight excluding hydrogens is 324 g/mol. The van der Waals surface area contributed by atoms with Gasteiger partial charge in [0.2, 0.25) is 0 Å². The Morgan fingerprint density at radius 2 is 1.78 bits per heavy atom. The maximum Gasteiger partial charge on any atom is 0.171 e. The van der Waals surface area contributed by atoms with E-state index in [4.69, 9.17) is 23.8 Å². The van der Waals surface area contributed by atoms with Crippen LogP contribution in [-0.2, 0) is 5.54 Å². The van der Waals surface area contributed by atoms with Crippen LogP contribution in [0.3, 0.4) is 0 Å². The fraction of sp³-hybridized carbons (Fsp3) is 0.316. The van der Waals surface area contributed by atoms with E-state index in [1.165, 1.54) is 18.4 Å². The molecule has 2 aromatic carbocycles. The molecule has 4 heteroatoms. The van der Waals surface area contributed by atoms with Crippen molar-refractivity contribution < 1.29 is 0 Å². The first-order chi connectivity index (χ1) is 11.1. The van der Waals surface area contributed by atoms with Crippen LogP contribution in [0.25, 0.3) is 0 Å². The normalized spacial score (nSPS) is 16.1. The zero-order chi connectivity index (χ0) is 16.3. The summed E-state index contributed by atoms with van der Waals surface area (Å²) in [4.78, 5) is 0. The molecule has 0 spiro atoms. The van der Waals surface area contributed by atoms with Crippen molar-refractivity contribution in [2.45, 2.75) is 38.1 Å². The number of rotatable bonds is 3. The molecule has 0 unspecified atom stereocenters. The van der Waals surface area contributed by atoms with Gasteiger partial charge in [-0.15, -0.1) is 0 Å². The highest BCUT2D eigenvalue weighted by atomic mass is 35.5. The maximum atomic E-state index is 6.19. The third-order valence-corrected chi connectivity index (χ3v) is 5.18. The fourth-order valence-electron chi connectivity index (χ4n) is 3.27. The van der Waals surface area contributed by atoms with Gasteiger partial charge in [-0.25, -0.2) is 0 Å². The first-order valence-electron chi connectivity index (χ1n) is 8.00. The summed E-state index contributed by atoms with van der Waals surface area (Å²) < 4.78 is 0. The summed E-state index contributed by atoms with van der Waals surface area (Å²) in [5.41, 5.74) is 3.23. The Balaban J connectivity index is 1.75. The number of halogens is 1. The summed E-state index contributed by atoms with van der Waals surface area (Å²) in [6.45, 7) is 1.99. The van der Waals surface area contributed by atoms with E-state index >= 15 is 0 Å². The Labute approximate surface area is 148 Å². The van der Waals surface area contributed by atoms with Crippen molar-refractivity contribution in [3.63, 3.8) is 0 Å². The monoisotopic (exact) mass is 344 g/mol. The molecule has 23 heavy (non-hydrogen) atoms. The van der Waals surface area contributed by atoms with Crippen LogP contribution in [0.2, 0.25) is 5.02 Å². The lowest BCUT2D eigenvalue weighted by atomic mass is 9.88. The van der Waals surface area contributed by atoms with Crippen LogP contribution >= 0.6 is 23.8 Å². The van der Waals surface area contributed by atoms with E-state index in [-0.39, 0.29) is 5.54 Å². The molecule has 0 heterocycles. The second kappa shape index (κ2) is 6.90. The highest BCUT2D eigenvalue weighted by Crippen LogP contribution is 2.38. The zero-order valence-electron chi connectivity index (χ0n) is 13.2. The van der Waals surface area contributed by atoms with Crippen molar-refractivity contribution in [3.05, 3.63) is 64.7 Å². The van der Waals surface area contributed by atoms with E-state index in [9.17, 15) is 0 Å². The van der Waals surface area contributed by atoms with E-state index in [1.54, 1.807) is 0 Å². The van der Waals surface area contributed by atoms with Gasteiger partial charge in [0.1, 0.15) is 0 Å². The average Bonchev–Trinajstić information content (AvgIpc) is 3.01. The van der Waals surface area contributed by atoms with Crippen molar-refractivity contribution in [1.29, 1.82) is 0 Å². The van der Waals surface area contributed by atoms with Crippen LogP contribution in [0.1, 0.15) is 36.8 Å². The molecule has 0 saturated heterocycles. The molecule has 0 radical (unpaired) electrons. The molecule has 0 aromatic heterocycles. The summed E-state index contributed by atoms with van der Waals surface area (Å²) in [6.07, 6.45) is 4.66. The van der Waals surface area contributed by atoms with Crippen molar-refractivity contribution in [2.24, 2.45) is 0 Å². The first-order valence-corrected chi connectivity index (χ1v) is 8.79. The zero-order valence-corrected chi connectivity index (χ0v) is 14.8. The Bertz CT molecular complexity index is 694. The highest BCUT2D eigenvalue weighted by Gasteiger charge is 2.36. The molecule has 2 N–H and O–H groups in total. The van der Waals surface area contributed by atoms with Crippen molar-refractivity contribution in [2.75, 3.05) is 5.32 Å². The number of anilines is 1. The van der Waals surface area contributed by atoms with Gasteiger partial charge in [0, 0.05) is 10.7 Å². The molecule has 2 aromatic rings. The third-order valence-electron chi connectivity index (χ3n) is 4.57. The van der Waals surface area contributed by atoms with Crippen LogP contribution in [0.4, 0.5) is 5.69 Å². The van der Waals surface area contributed by atoms with Crippen LogP contribution < -0.4 is 10.6 Å². The quantitative estimate of drug-likeness (QED) is 0.728. The molecule has 0 amide bonds. The SMILES string of the molecule is Cc1ccc(NC(=S)NC2(c3ccccc3)CCCC2)cc1Cl. The van der Waals surface area contributed by atoms with Crippen LogP contribution in [-0.4, -0.2) is 5.11 Å². The minimum atomic E-state index is -0.0557. The molecule has 0 atom stereocenters. The average molecular weight is 345 g/mol. The number of nitrogens with one attached hydrogen (secondary N) is 2. The Kier molecular flexibility index (Phi) is 4.88. The van der Waals surface area contributed by atoms with Crippen LogP contribution in [0.5, 0.6) is 0 Å². The van der Waals surface area contributed by atoms with Crippen molar-refractivity contribution in [1.82, 2.24) is 5.32 Å². The van der Waals surface area contributed by atoms with Gasteiger partial charge < -0.3 is 10.6 Å². The second-order valence-electron chi connectivity index (χ2n) is 6.20. The number of hydrogen-bond donors (Lipinski definition) is 2. The lowest BCUT2D eigenvalue weighted by molar-refractivity contribution is 0.408. The standard InChI is InChI=1S/C19H21ClN2S/c1-14-9-10-16(13-17(14)20)21-18(23)22-19(11-5-6-12-19)15-7-3-2-4-8-15/h2-4,7-10,13H,5-6,11-12H2,1H3,(H2,21,22,23). The van der Waals surface area contributed by atoms with E-state index < -0.39 is 0 Å². The number of benzene rings is 2. The Morgan fingerprint density at radius 3 is 2.43 bits per heavy atom. The van der Waals surface area contributed by atoms with Crippen LogP contribution in [0, 0.1) is 6.92 Å². The second-order valence-corrected chi connectivity index (χ2v) is 7.01. The van der Waals surface area contributed by atoms with Gasteiger partial charge in [-0.05, 0) is 55.2 Å². The molecule has 1 fully saturated rings. The lowest BCUT2D eigenvalue weighted by Gasteiger charge is -2.32. The predicted molar refractivity (Wildman–Crippen MR) is 102 cm³/mol. The number of thiocarbonyl (C=S) groups is 1. The molecule has 2 nitrogen and oxygen atoms in total. The van der Waals surface area contributed by atoms with Crippen molar-refractivity contribution in [3.8, 4) is 0 Å². The first kappa shape index (κ1) is 16.3. The highest BCUT2D eigenvalue weighted by molar-refractivity contribution is 7.80. The fourth-order valence-corrected chi connectivity index (χ4v) is 3.77. The summed E-state index contributed by atoms with van der Waals surface area (Å²) in [6, 6.07) is 16.5. The minimum Gasteiger partial charge on any atom is -0.353 e. The van der Waals surface area contributed by atoms with Gasteiger partial charge in [0.15, 0.2) is 5.11 Å². The maximum absolute atomic E-state index is 6.19. The van der Waals surface area contributed by atoms with Crippen LogP contribution in [0.15, 0.2) is 48.5 Å². The Morgan fingerprint density at radius 1 is 1.09 bits per heavy atom. The van der Waals surface area contributed by atoms with Gasteiger partial charge in [0.05, 0.1) is 5.54 Å². The topological polar surface area (TPSA) is 24.1 Å². The van der Waals surface area contributed by atoms with E-state index in [2.05, 4.69) is 41.0 Å². The van der Waals surface area contributed by atoms with Crippen molar-refractivity contribution >= 4 is 34.6 Å². The third kappa shape index (κ3) is 3.67. The molecule has 1 aliphatic carbocycles. The summed E-state index contributed by atoms with van der Waals surface area (Å²) >= 11 is 11.7. The Hall–Kier alpha value is -1.58. The van der Waals surface area contributed by atoms with Gasteiger partial charge >= 0.3 is 0 Å².